The SMILES string of the molecule is CCc1ccsc1CNc1cccc([N+](=O)[O-])c1C. The quantitative estimate of drug-likeness (QED) is 0.659. The maximum absolute atomic E-state index is 10.9. The van der Waals surface area contributed by atoms with Crippen LogP contribution in [0.3, 0.4) is 0 Å². The average Bonchev–Trinajstić information content (AvgIpc) is 2.84. The molecule has 1 heterocycles. The van der Waals surface area contributed by atoms with E-state index in [-0.39, 0.29) is 10.6 Å². The molecule has 0 aliphatic heterocycles. The largest absolute Gasteiger partial charge is 0.380 e. The van der Waals surface area contributed by atoms with Crippen molar-refractivity contribution in [3.63, 3.8) is 0 Å². The van der Waals surface area contributed by atoms with Crippen molar-refractivity contribution in [1.82, 2.24) is 0 Å². The van der Waals surface area contributed by atoms with Crippen molar-refractivity contribution in [3.05, 3.63) is 55.8 Å². The molecule has 2 rings (SSSR count). The maximum Gasteiger partial charge on any atom is 0.274 e. The van der Waals surface area contributed by atoms with Crippen LogP contribution < -0.4 is 5.32 Å². The first kappa shape index (κ1) is 13.5. The van der Waals surface area contributed by atoms with Crippen molar-refractivity contribution in [2.75, 3.05) is 5.32 Å². The highest BCUT2D eigenvalue weighted by atomic mass is 32.1. The highest BCUT2D eigenvalue weighted by molar-refractivity contribution is 7.10. The summed E-state index contributed by atoms with van der Waals surface area (Å²) in [5.41, 5.74) is 3.00. The van der Waals surface area contributed by atoms with Gasteiger partial charge in [0.15, 0.2) is 0 Å². The number of hydrogen-bond donors (Lipinski definition) is 1. The van der Waals surface area contributed by atoms with Crippen LogP contribution in [0, 0.1) is 17.0 Å². The molecule has 4 nitrogen and oxygen atoms in total. The van der Waals surface area contributed by atoms with E-state index in [1.807, 2.05) is 6.07 Å². The van der Waals surface area contributed by atoms with Gasteiger partial charge in [0.05, 0.1) is 4.92 Å². The van der Waals surface area contributed by atoms with Crippen molar-refractivity contribution in [1.29, 1.82) is 0 Å². The Hall–Kier alpha value is -1.88. The lowest BCUT2D eigenvalue weighted by molar-refractivity contribution is -0.385. The van der Waals surface area contributed by atoms with Gasteiger partial charge >= 0.3 is 0 Å². The third kappa shape index (κ3) is 2.93. The van der Waals surface area contributed by atoms with Crippen molar-refractivity contribution in [3.8, 4) is 0 Å². The predicted octanol–water partition coefficient (Wildman–Crippen LogP) is 4.14. The van der Waals surface area contributed by atoms with Crippen LogP contribution in [0.15, 0.2) is 29.6 Å². The van der Waals surface area contributed by atoms with Gasteiger partial charge in [0.25, 0.3) is 5.69 Å². The Labute approximate surface area is 116 Å². The summed E-state index contributed by atoms with van der Waals surface area (Å²) in [7, 11) is 0. The summed E-state index contributed by atoms with van der Waals surface area (Å²) in [6, 6.07) is 7.25. The lowest BCUT2D eigenvalue weighted by Crippen LogP contribution is -2.03. The molecular formula is C14H16N2O2S. The molecule has 1 N–H and O–H groups in total. The summed E-state index contributed by atoms with van der Waals surface area (Å²) in [5, 5.41) is 16.3. The van der Waals surface area contributed by atoms with Crippen LogP contribution in [0.1, 0.15) is 22.9 Å². The average molecular weight is 276 g/mol. The number of rotatable bonds is 5. The van der Waals surface area contributed by atoms with E-state index in [0.717, 1.165) is 12.1 Å². The van der Waals surface area contributed by atoms with Crippen molar-refractivity contribution in [2.24, 2.45) is 0 Å². The summed E-state index contributed by atoms with van der Waals surface area (Å²) in [6.07, 6.45) is 1.01. The summed E-state index contributed by atoms with van der Waals surface area (Å²) in [6.45, 7) is 4.61. The van der Waals surface area contributed by atoms with E-state index in [1.165, 1.54) is 16.5 Å². The highest BCUT2D eigenvalue weighted by Crippen LogP contribution is 2.26. The Bertz CT molecular complexity index is 593. The molecule has 1 aromatic carbocycles. The topological polar surface area (TPSA) is 55.2 Å². The van der Waals surface area contributed by atoms with Crippen LogP contribution in [0.25, 0.3) is 0 Å². The van der Waals surface area contributed by atoms with Gasteiger partial charge < -0.3 is 5.32 Å². The van der Waals surface area contributed by atoms with Gasteiger partial charge in [0.1, 0.15) is 0 Å². The number of anilines is 1. The molecule has 0 radical (unpaired) electrons. The second-order valence-electron chi connectivity index (χ2n) is 4.28. The Kier molecular flexibility index (Phi) is 4.16. The lowest BCUT2D eigenvalue weighted by Gasteiger charge is -2.09. The van der Waals surface area contributed by atoms with Gasteiger partial charge in [-0.1, -0.05) is 13.0 Å². The van der Waals surface area contributed by atoms with E-state index in [2.05, 4.69) is 23.7 Å². The molecule has 5 heteroatoms. The molecule has 0 saturated heterocycles. The van der Waals surface area contributed by atoms with Crippen LogP contribution in [0.2, 0.25) is 0 Å². The second-order valence-corrected chi connectivity index (χ2v) is 5.28. The smallest absolute Gasteiger partial charge is 0.274 e. The number of hydrogen-bond acceptors (Lipinski definition) is 4. The minimum absolute atomic E-state index is 0.159. The number of nitrogens with one attached hydrogen (secondary N) is 1. The van der Waals surface area contributed by atoms with Gasteiger partial charge in [-0.25, -0.2) is 0 Å². The van der Waals surface area contributed by atoms with Crippen LogP contribution in [0.4, 0.5) is 11.4 Å². The number of thiophene rings is 1. The molecule has 2 aromatic rings. The fourth-order valence-corrected chi connectivity index (χ4v) is 2.94. The van der Waals surface area contributed by atoms with Crippen molar-refractivity contribution in [2.45, 2.75) is 26.8 Å². The Morgan fingerprint density at radius 3 is 2.84 bits per heavy atom. The number of nitrogens with zero attached hydrogens (tertiary/aromatic N) is 1. The molecule has 0 atom stereocenters. The molecule has 1 aromatic heterocycles. The number of benzene rings is 1. The number of nitro benzene ring substituents is 1. The first-order valence-electron chi connectivity index (χ1n) is 6.16. The van der Waals surface area contributed by atoms with Crippen LogP contribution in [-0.2, 0) is 13.0 Å². The third-order valence-electron chi connectivity index (χ3n) is 3.16. The fraction of sp³-hybridized carbons (Fsp3) is 0.286. The van der Waals surface area contributed by atoms with Gasteiger partial charge in [0, 0.05) is 28.7 Å². The molecule has 100 valence electrons. The van der Waals surface area contributed by atoms with Crippen LogP contribution >= 0.6 is 11.3 Å². The van der Waals surface area contributed by atoms with Crippen LogP contribution in [-0.4, -0.2) is 4.92 Å². The number of aryl methyl sites for hydroxylation is 1. The zero-order chi connectivity index (χ0) is 13.8. The predicted molar refractivity (Wildman–Crippen MR) is 78.9 cm³/mol. The summed E-state index contributed by atoms with van der Waals surface area (Å²) < 4.78 is 0. The molecule has 0 aliphatic carbocycles. The standard InChI is InChI=1S/C14H16N2O2S/c1-3-11-7-8-19-14(11)9-15-12-5-4-6-13(10(12)2)16(17)18/h4-8,15H,3,9H2,1-2H3. The van der Waals surface area contributed by atoms with E-state index in [1.54, 1.807) is 24.3 Å². The first-order chi connectivity index (χ1) is 9.13. The summed E-state index contributed by atoms with van der Waals surface area (Å²) in [4.78, 5) is 11.8. The molecule has 0 fully saturated rings. The zero-order valence-corrected chi connectivity index (χ0v) is 11.8. The van der Waals surface area contributed by atoms with Gasteiger partial charge in [-0.2, -0.15) is 0 Å². The second kappa shape index (κ2) is 5.84. The molecule has 0 amide bonds. The van der Waals surface area contributed by atoms with E-state index in [9.17, 15) is 10.1 Å². The monoisotopic (exact) mass is 276 g/mol. The molecule has 0 unspecified atom stereocenters. The zero-order valence-electron chi connectivity index (χ0n) is 11.0. The normalized spacial score (nSPS) is 10.4. The lowest BCUT2D eigenvalue weighted by atomic mass is 10.1. The molecular weight excluding hydrogens is 260 g/mol. The maximum atomic E-state index is 10.9. The van der Waals surface area contributed by atoms with E-state index in [4.69, 9.17) is 0 Å². The highest BCUT2D eigenvalue weighted by Gasteiger charge is 2.13. The third-order valence-corrected chi connectivity index (χ3v) is 4.12. The van der Waals surface area contributed by atoms with Crippen molar-refractivity contribution < 1.29 is 4.92 Å². The molecule has 0 aliphatic rings. The minimum Gasteiger partial charge on any atom is -0.380 e. The summed E-state index contributed by atoms with van der Waals surface area (Å²) in [5.74, 6) is 0. The number of nitro groups is 1. The Balaban J connectivity index is 2.16. The molecule has 19 heavy (non-hydrogen) atoms. The van der Waals surface area contributed by atoms with E-state index < -0.39 is 0 Å². The van der Waals surface area contributed by atoms with E-state index in [0.29, 0.717) is 12.1 Å². The van der Waals surface area contributed by atoms with Crippen LogP contribution in [0.5, 0.6) is 0 Å². The Morgan fingerprint density at radius 2 is 2.16 bits per heavy atom. The Morgan fingerprint density at radius 1 is 1.37 bits per heavy atom. The van der Waals surface area contributed by atoms with E-state index >= 15 is 0 Å². The van der Waals surface area contributed by atoms with Crippen molar-refractivity contribution >= 4 is 22.7 Å². The fourth-order valence-electron chi connectivity index (χ4n) is 2.03. The molecule has 0 spiro atoms. The van der Waals surface area contributed by atoms with Gasteiger partial charge in [-0.05, 0) is 36.4 Å². The molecule has 0 bridgehead atoms. The first-order valence-corrected chi connectivity index (χ1v) is 7.04. The molecule has 0 saturated carbocycles. The minimum atomic E-state index is -0.344. The van der Waals surface area contributed by atoms with Gasteiger partial charge in [-0.15, -0.1) is 11.3 Å². The van der Waals surface area contributed by atoms with Gasteiger partial charge in [-0.3, -0.25) is 10.1 Å². The summed E-state index contributed by atoms with van der Waals surface area (Å²) >= 11 is 1.71. The van der Waals surface area contributed by atoms with Gasteiger partial charge in [0.2, 0.25) is 0 Å².